The first-order valence-electron chi connectivity index (χ1n) is 12.5. The Morgan fingerprint density at radius 3 is 2.57 bits per heavy atom. The maximum atomic E-state index is 16.5. The predicted molar refractivity (Wildman–Crippen MR) is 137 cm³/mol. The maximum Gasteiger partial charge on any atom is 0.313 e. The molecule has 1 aromatic heterocycles. The Bertz CT molecular complexity index is 1040. The molecule has 11 nitrogen and oxygen atoms in total. The van der Waals surface area contributed by atoms with Crippen molar-refractivity contribution < 1.29 is 28.2 Å². The summed E-state index contributed by atoms with van der Waals surface area (Å²) < 4.78 is 33.8. The maximum absolute atomic E-state index is 16.5. The van der Waals surface area contributed by atoms with E-state index in [9.17, 15) is 9.59 Å². The predicted octanol–water partition coefficient (Wildman–Crippen LogP) is 2.66. The lowest BCUT2D eigenvalue weighted by molar-refractivity contribution is -0.178. The molecular weight excluding hydrogens is 483 g/mol. The lowest BCUT2D eigenvalue weighted by atomic mass is 9.85. The van der Waals surface area contributed by atoms with E-state index >= 15 is 4.39 Å². The van der Waals surface area contributed by atoms with Crippen LogP contribution in [0.15, 0.2) is 4.99 Å². The average molecular weight is 523 g/mol. The molecule has 1 aromatic rings. The van der Waals surface area contributed by atoms with Crippen molar-refractivity contribution in [2.24, 2.45) is 22.1 Å². The van der Waals surface area contributed by atoms with E-state index in [4.69, 9.17) is 25.7 Å². The van der Waals surface area contributed by atoms with Crippen LogP contribution in [0.1, 0.15) is 66.0 Å². The number of anilines is 2. The number of nitrogens with two attached hydrogens (primary N) is 2. The Morgan fingerprint density at radius 1 is 1.30 bits per heavy atom. The molecule has 6 atom stereocenters. The van der Waals surface area contributed by atoms with Crippen molar-refractivity contribution in [2.45, 2.75) is 90.3 Å². The summed E-state index contributed by atoms with van der Waals surface area (Å²) in [6.07, 6.45) is -1.18. The number of ether oxygens (including phenoxy) is 3. The summed E-state index contributed by atoms with van der Waals surface area (Å²) in [5.74, 6) is -0.897. The number of nitrogens with zero attached hydrogens (tertiary/aromatic N) is 3. The molecule has 1 saturated heterocycles. The smallest absolute Gasteiger partial charge is 0.313 e. The summed E-state index contributed by atoms with van der Waals surface area (Å²) in [7, 11) is 1.67. The summed E-state index contributed by atoms with van der Waals surface area (Å²) in [4.78, 5) is 37.6. The van der Waals surface area contributed by atoms with Crippen molar-refractivity contribution >= 4 is 35.4 Å². The number of Topliss-reactive ketones (excluding diaryl/α,β-unsaturated/α-hetero) is 1. The van der Waals surface area contributed by atoms with Gasteiger partial charge in [0.05, 0.1) is 29.2 Å². The van der Waals surface area contributed by atoms with Crippen LogP contribution in [-0.2, 0) is 23.8 Å². The van der Waals surface area contributed by atoms with Gasteiger partial charge < -0.3 is 31.0 Å². The van der Waals surface area contributed by atoms with Gasteiger partial charge in [-0.15, -0.1) is 0 Å². The summed E-state index contributed by atoms with van der Waals surface area (Å²) in [5.41, 5.74) is 9.97. The lowest BCUT2D eigenvalue weighted by Gasteiger charge is -2.29. The van der Waals surface area contributed by atoms with Crippen molar-refractivity contribution in [1.82, 2.24) is 9.97 Å². The van der Waals surface area contributed by atoms with E-state index in [1.807, 2.05) is 13.8 Å². The van der Waals surface area contributed by atoms with Gasteiger partial charge in [-0.05, 0) is 40.0 Å². The first-order valence-corrected chi connectivity index (χ1v) is 12.5. The van der Waals surface area contributed by atoms with Gasteiger partial charge in [-0.2, -0.15) is 4.98 Å². The molecule has 1 fully saturated rings. The molecule has 206 valence electrons. The van der Waals surface area contributed by atoms with Crippen LogP contribution >= 0.6 is 0 Å². The number of halogens is 1. The van der Waals surface area contributed by atoms with Crippen molar-refractivity contribution in [1.29, 1.82) is 0 Å². The number of rotatable bonds is 10. The first-order chi connectivity index (χ1) is 17.2. The number of carbonyl (C=O) groups excluding carboxylic acids is 2. The van der Waals surface area contributed by atoms with E-state index in [1.54, 1.807) is 34.0 Å². The largest absolute Gasteiger partial charge is 0.438 e. The van der Waals surface area contributed by atoms with Gasteiger partial charge in [0.15, 0.2) is 18.3 Å². The number of fused-ring (bicyclic) bond motifs is 1. The number of hydrogen-bond donors (Lipinski definition) is 3. The highest BCUT2D eigenvalue weighted by atomic mass is 19.1. The highest BCUT2D eigenvalue weighted by Gasteiger charge is 2.59. The molecule has 12 heteroatoms. The molecule has 1 unspecified atom stereocenters. The monoisotopic (exact) mass is 522 g/mol. The van der Waals surface area contributed by atoms with Gasteiger partial charge >= 0.3 is 5.97 Å². The van der Waals surface area contributed by atoms with Gasteiger partial charge in [0.1, 0.15) is 23.7 Å². The molecule has 37 heavy (non-hydrogen) atoms. The molecule has 0 spiro atoms. The van der Waals surface area contributed by atoms with E-state index in [1.165, 1.54) is 6.92 Å². The zero-order chi connectivity index (χ0) is 27.7. The van der Waals surface area contributed by atoms with Crippen LogP contribution < -0.4 is 16.8 Å². The number of nitrogen functional groups attached to an aromatic ring is 1. The molecule has 0 bridgehead atoms. The molecule has 2 aliphatic rings. The topological polar surface area (TPSA) is 164 Å². The van der Waals surface area contributed by atoms with Crippen molar-refractivity contribution in [3.05, 3.63) is 5.69 Å². The number of aliphatic imine (C=N–C) groups is 1. The molecule has 0 amide bonds. The Kier molecular flexibility index (Phi) is 8.55. The molecule has 3 heterocycles. The number of hydrogen-bond acceptors (Lipinski definition) is 11. The summed E-state index contributed by atoms with van der Waals surface area (Å²) >= 11 is 0. The van der Waals surface area contributed by atoms with Crippen LogP contribution in [0.25, 0.3) is 0 Å². The molecule has 3 rings (SSSR count). The third-order valence-electron chi connectivity index (χ3n) is 6.76. The summed E-state index contributed by atoms with van der Waals surface area (Å²) in [6.45, 7) is 9.76. The van der Waals surface area contributed by atoms with Crippen LogP contribution in [0.3, 0.4) is 0 Å². The van der Waals surface area contributed by atoms with Crippen LogP contribution in [-0.4, -0.2) is 71.8 Å². The van der Waals surface area contributed by atoms with Gasteiger partial charge in [0, 0.05) is 19.7 Å². The molecule has 5 N–H and O–H groups in total. The fourth-order valence-corrected chi connectivity index (χ4v) is 4.51. The van der Waals surface area contributed by atoms with E-state index in [0.717, 1.165) is 0 Å². The zero-order valence-electron chi connectivity index (χ0n) is 22.6. The number of nitrogens with one attached hydrogen (secondary N) is 1. The van der Waals surface area contributed by atoms with Gasteiger partial charge in [0.25, 0.3) is 0 Å². The number of alkyl halides is 1. The van der Waals surface area contributed by atoms with Crippen molar-refractivity contribution in [2.75, 3.05) is 24.9 Å². The minimum Gasteiger partial charge on any atom is -0.438 e. The highest BCUT2D eigenvalue weighted by molar-refractivity contribution is 5.86. The second kappa shape index (κ2) is 11.0. The second-order valence-corrected chi connectivity index (χ2v) is 11.1. The zero-order valence-corrected chi connectivity index (χ0v) is 22.6. The van der Waals surface area contributed by atoms with Gasteiger partial charge in [0.2, 0.25) is 5.95 Å². The first kappa shape index (κ1) is 28.9. The van der Waals surface area contributed by atoms with Crippen LogP contribution in [0.4, 0.5) is 21.8 Å². The molecule has 0 radical (unpaired) electrons. The number of aromatic nitrogens is 2. The third-order valence-corrected chi connectivity index (χ3v) is 6.76. The summed E-state index contributed by atoms with van der Waals surface area (Å²) in [6, 6.07) is -0.630. The Morgan fingerprint density at radius 2 is 1.97 bits per heavy atom. The Hall–Kier alpha value is -2.70. The second-order valence-electron chi connectivity index (χ2n) is 11.1. The normalized spacial score (nSPS) is 27.8. The molecule has 0 aromatic carbocycles. The minimum absolute atomic E-state index is 0.0175. The SMILES string of the molecule is CNc1nc(N)nc2c1N=CC2[C@@H]1O[C@H](CCC(=O)[C@@H](N)C(C)C)[C@@H](OCOC(=O)C(C)(C)C)[C@@]1(C)F. The fourth-order valence-electron chi connectivity index (χ4n) is 4.51. The standard InChI is InChI=1S/C25H39FN6O5/c1-12(2)16(27)14(33)8-9-15-20(35-11-36-22(34)24(3,4)5)25(6,26)19(37-15)13-10-30-18-17(13)31-23(28)32-21(18)29-7/h10,12-13,15-16,19-20H,8-9,11,27H2,1-7H3,(H3,28,29,31,32)/t13?,15-,16+,19+,20-,25+/m1/s1. The van der Waals surface area contributed by atoms with Gasteiger partial charge in [-0.25, -0.2) is 9.37 Å². The molecule has 0 saturated carbocycles. The fraction of sp³-hybridized carbons (Fsp3) is 0.720. The average Bonchev–Trinajstić information content (AvgIpc) is 3.33. The van der Waals surface area contributed by atoms with E-state index in [2.05, 4.69) is 20.3 Å². The molecular formula is C25H39FN6O5. The Labute approximate surface area is 216 Å². The van der Waals surface area contributed by atoms with Crippen LogP contribution in [0, 0.1) is 11.3 Å². The van der Waals surface area contributed by atoms with E-state index in [0.29, 0.717) is 17.2 Å². The molecule has 2 aliphatic heterocycles. The van der Waals surface area contributed by atoms with Crippen LogP contribution in [0.5, 0.6) is 0 Å². The quantitative estimate of drug-likeness (QED) is 0.307. The highest BCUT2D eigenvalue weighted by Crippen LogP contribution is 2.48. The van der Waals surface area contributed by atoms with Crippen molar-refractivity contribution in [3.8, 4) is 0 Å². The number of esters is 1. The Balaban J connectivity index is 1.85. The van der Waals surface area contributed by atoms with Crippen LogP contribution in [0.2, 0.25) is 0 Å². The van der Waals surface area contributed by atoms with Gasteiger partial charge in [-0.1, -0.05) is 13.8 Å². The number of carbonyl (C=O) groups is 2. The molecule has 0 aliphatic carbocycles. The third kappa shape index (κ3) is 6.07. The lowest BCUT2D eigenvalue weighted by Crippen LogP contribution is -2.46. The minimum atomic E-state index is -2.06. The van der Waals surface area contributed by atoms with Gasteiger partial charge in [-0.3, -0.25) is 14.6 Å². The van der Waals surface area contributed by atoms with E-state index in [-0.39, 0.29) is 30.5 Å². The van der Waals surface area contributed by atoms with Crippen molar-refractivity contribution in [3.63, 3.8) is 0 Å². The summed E-state index contributed by atoms with van der Waals surface area (Å²) in [5, 5.41) is 2.92. The van der Waals surface area contributed by atoms with E-state index < -0.39 is 54.1 Å². The number of ketones is 1.